The lowest BCUT2D eigenvalue weighted by molar-refractivity contribution is 0.282. The Morgan fingerprint density at radius 3 is 2.44 bits per heavy atom. The van der Waals surface area contributed by atoms with Crippen LogP contribution >= 0.6 is 22.6 Å². The van der Waals surface area contributed by atoms with Gasteiger partial charge in [-0.05, 0) is 101 Å². The van der Waals surface area contributed by atoms with Crippen LogP contribution in [0.15, 0.2) is 82.7 Å². The van der Waals surface area contributed by atoms with Gasteiger partial charge in [-0.2, -0.15) is 9.78 Å². The molecule has 0 N–H and O–H groups in total. The number of nitrogens with zero attached hydrogens (tertiary/aromatic N) is 3. The van der Waals surface area contributed by atoms with E-state index in [0.717, 1.165) is 37.1 Å². The second-order valence-corrected chi connectivity index (χ2v) is 11.9. The summed E-state index contributed by atoms with van der Waals surface area (Å²) in [5.74, 6) is 2.71. The molecule has 0 saturated carbocycles. The van der Waals surface area contributed by atoms with Gasteiger partial charge < -0.3 is 14.2 Å². The number of aromatic nitrogens is 2. The molecule has 1 heterocycles. The summed E-state index contributed by atoms with van der Waals surface area (Å²) in [6.07, 6.45) is 1.65. The zero-order valence-electron chi connectivity index (χ0n) is 25.1. The van der Waals surface area contributed by atoms with Crippen molar-refractivity contribution >= 4 is 39.7 Å². The second-order valence-electron chi connectivity index (χ2n) is 10.7. The predicted octanol–water partition coefficient (Wildman–Crippen LogP) is 7.89. The van der Waals surface area contributed by atoms with Gasteiger partial charge in [0.15, 0.2) is 17.3 Å². The third-order valence-corrected chi connectivity index (χ3v) is 8.03. The van der Waals surface area contributed by atoms with Gasteiger partial charge in [0, 0.05) is 5.56 Å². The Hall–Kier alpha value is -4.18. The van der Waals surface area contributed by atoms with E-state index in [1.165, 1.54) is 10.2 Å². The summed E-state index contributed by atoms with van der Waals surface area (Å²) in [4.78, 5) is 18.7. The van der Waals surface area contributed by atoms with Gasteiger partial charge in [0.25, 0.3) is 5.56 Å². The van der Waals surface area contributed by atoms with Crippen LogP contribution in [0.2, 0.25) is 0 Å². The molecule has 0 atom stereocenters. The Bertz CT molecular complexity index is 1900. The lowest BCUT2D eigenvalue weighted by Gasteiger charge is -2.17. The van der Waals surface area contributed by atoms with Crippen LogP contribution in [-0.2, 0) is 6.61 Å². The molecule has 0 fully saturated rings. The van der Waals surface area contributed by atoms with Gasteiger partial charge in [-0.1, -0.05) is 55.8 Å². The summed E-state index contributed by atoms with van der Waals surface area (Å²) < 4.78 is 19.8. The Kier molecular flexibility index (Phi) is 9.15. The largest absolute Gasteiger partial charge is 0.496 e. The smallest absolute Gasteiger partial charge is 0.282 e. The zero-order valence-corrected chi connectivity index (χ0v) is 27.3. The fourth-order valence-corrected chi connectivity index (χ4v) is 5.79. The molecule has 0 saturated heterocycles. The maximum atomic E-state index is 13.8. The number of ether oxygens (including phenoxy) is 3. The van der Waals surface area contributed by atoms with Crippen molar-refractivity contribution in [1.29, 1.82) is 0 Å². The van der Waals surface area contributed by atoms with Gasteiger partial charge >= 0.3 is 0 Å². The number of benzene rings is 4. The number of rotatable bonds is 9. The molecular formula is C35H34IN3O4. The molecule has 0 spiro atoms. The number of para-hydroxylation sites is 1. The van der Waals surface area contributed by atoms with E-state index in [1.54, 1.807) is 26.5 Å². The summed E-state index contributed by atoms with van der Waals surface area (Å²) >= 11 is 2.23. The minimum atomic E-state index is -0.252. The summed E-state index contributed by atoms with van der Waals surface area (Å²) in [5.41, 5.74) is 6.15. The van der Waals surface area contributed by atoms with E-state index >= 15 is 0 Å². The van der Waals surface area contributed by atoms with Crippen molar-refractivity contribution < 1.29 is 14.2 Å². The SMILES string of the molecule is COc1cc(C)c(-c2nc3ccccc3c(=O)n2N=Cc2cc(I)c(OCc3cccc(C)c3)c(OC)c2)cc1C(C)C. The molecule has 1 aromatic heterocycles. The van der Waals surface area contributed by atoms with Crippen LogP contribution < -0.4 is 19.8 Å². The molecule has 4 aromatic carbocycles. The van der Waals surface area contributed by atoms with Crippen molar-refractivity contribution in [3.05, 3.63) is 115 Å². The monoisotopic (exact) mass is 687 g/mol. The third kappa shape index (κ3) is 6.44. The highest BCUT2D eigenvalue weighted by atomic mass is 127. The topological polar surface area (TPSA) is 74.9 Å². The molecule has 8 heteroatoms. The summed E-state index contributed by atoms with van der Waals surface area (Å²) in [6, 6.07) is 23.4. The van der Waals surface area contributed by atoms with Crippen molar-refractivity contribution in [2.45, 2.75) is 40.2 Å². The molecule has 5 rings (SSSR count). The van der Waals surface area contributed by atoms with Gasteiger partial charge in [0.1, 0.15) is 12.4 Å². The van der Waals surface area contributed by atoms with Crippen LogP contribution in [0.5, 0.6) is 17.2 Å². The van der Waals surface area contributed by atoms with Gasteiger partial charge in [-0.3, -0.25) is 4.79 Å². The molecule has 0 unspecified atom stereocenters. The molecule has 0 radical (unpaired) electrons. The highest BCUT2D eigenvalue weighted by Gasteiger charge is 2.19. The fourth-order valence-electron chi connectivity index (χ4n) is 5.01. The molecule has 0 aliphatic rings. The molecule has 0 aliphatic heterocycles. The second kappa shape index (κ2) is 13.0. The first kappa shape index (κ1) is 30.3. The average Bonchev–Trinajstić information content (AvgIpc) is 2.99. The molecule has 0 bridgehead atoms. The Morgan fingerprint density at radius 1 is 0.953 bits per heavy atom. The van der Waals surface area contributed by atoms with E-state index < -0.39 is 0 Å². The number of fused-ring (bicyclic) bond motifs is 1. The Morgan fingerprint density at radius 2 is 1.72 bits per heavy atom. The average molecular weight is 688 g/mol. The van der Waals surface area contributed by atoms with E-state index in [0.29, 0.717) is 34.8 Å². The lowest BCUT2D eigenvalue weighted by atomic mass is 9.96. The molecule has 220 valence electrons. The maximum absolute atomic E-state index is 13.8. The van der Waals surface area contributed by atoms with Crippen LogP contribution in [0.4, 0.5) is 0 Å². The van der Waals surface area contributed by atoms with Gasteiger partial charge in [-0.15, -0.1) is 0 Å². The van der Waals surface area contributed by atoms with Crippen molar-refractivity contribution in [1.82, 2.24) is 9.66 Å². The van der Waals surface area contributed by atoms with E-state index in [1.807, 2.05) is 61.5 Å². The van der Waals surface area contributed by atoms with E-state index in [-0.39, 0.29) is 11.5 Å². The quantitative estimate of drug-likeness (QED) is 0.116. The molecular weight excluding hydrogens is 653 g/mol. The molecule has 5 aromatic rings. The minimum Gasteiger partial charge on any atom is -0.496 e. The van der Waals surface area contributed by atoms with E-state index in [2.05, 4.69) is 55.5 Å². The first-order valence-electron chi connectivity index (χ1n) is 14.0. The van der Waals surface area contributed by atoms with Gasteiger partial charge in [0.05, 0.1) is 34.9 Å². The standard InChI is InChI=1S/C35H34IN3O4/c1-21(2)27-18-28(23(4)15-31(27)41-5)34-38-30-13-8-7-12-26(30)35(40)39(34)37-19-25-16-29(36)33(32(17-25)42-6)43-20-24-11-9-10-22(3)14-24/h7-19,21H,20H2,1-6H3. The third-order valence-electron chi connectivity index (χ3n) is 7.23. The molecule has 7 nitrogen and oxygen atoms in total. The summed E-state index contributed by atoms with van der Waals surface area (Å²) in [6.45, 7) is 8.68. The number of methoxy groups -OCH3 is 2. The van der Waals surface area contributed by atoms with E-state index in [9.17, 15) is 4.79 Å². The number of hydrogen-bond donors (Lipinski definition) is 0. The first-order chi connectivity index (χ1) is 20.7. The lowest BCUT2D eigenvalue weighted by Crippen LogP contribution is -2.21. The number of hydrogen-bond acceptors (Lipinski definition) is 6. The molecule has 0 aliphatic carbocycles. The van der Waals surface area contributed by atoms with Gasteiger partial charge in [0.2, 0.25) is 0 Å². The van der Waals surface area contributed by atoms with Crippen LogP contribution in [-0.4, -0.2) is 30.1 Å². The molecule has 43 heavy (non-hydrogen) atoms. The number of aryl methyl sites for hydroxylation is 2. The van der Waals surface area contributed by atoms with Crippen LogP contribution in [0, 0.1) is 17.4 Å². The predicted molar refractivity (Wildman–Crippen MR) is 181 cm³/mol. The highest BCUT2D eigenvalue weighted by Crippen LogP contribution is 2.35. The minimum absolute atomic E-state index is 0.208. The Labute approximate surface area is 265 Å². The van der Waals surface area contributed by atoms with Crippen molar-refractivity contribution in [2.75, 3.05) is 14.2 Å². The first-order valence-corrected chi connectivity index (χ1v) is 15.1. The van der Waals surface area contributed by atoms with Crippen LogP contribution in [0.1, 0.15) is 47.6 Å². The van der Waals surface area contributed by atoms with Crippen LogP contribution in [0.3, 0.4) is 0 Å². The van der Waals surface area contributed by atoms with Crippen molar-refractivity contribution in [3.63, 3.8) is 0 Å². The van der Waals surface area contributed by atoms with Crippen molar-refractivity contribution in [2.24, 2.45) is 5.10 Å². The van der Waals surface area contributed by atoms with E-state index in [4.69, 9.17) is 24.3 Å². The fraction of sp³-hybridized carbons (Fsp3) is 0.229. The zero-order chi connectivity index (χ0) is 30.7. The maximum Gasteiger partial charge on any atom is 0.282 e. The Balaban J connectivity index is 1.59. The van der Waals surface area contributed by atoms with Crippen LogP contribution in [0.25, 0.3) is 22.3 Å². The summed E-state index contributed by atoms with van der Waals surface area (Å²) in [7, 11) is 3.28. The molecule has 0 amide bonds. The highest BCUT2D eigenvalue weighted by molar-refractivity contribution is 14.1. The summed E-state index contributed by atoms with van der Waals surface area (Å²) in [5, 5.41) is 5.19. The van der Waals surface area contributed by atoms with Gasteiger partial charge in [-0.25, -0.2) is 4.98 Å². The van der Waals surface area contributed by atoms with Crippen molar-refractivity contribution in [3.8, 4) is 28.6 Å². The normalized spacial score (nSPS) is 11.4. The number of halogens is 1.